The lowest BCUT2D eigenvalue weighted by molar-refractivity contribution is -0.120. The number of likely N-dealkylation sites (tertiary alicyclic amines) is 1. The molecule has 1 unspecified atom stereocenters. The summed E-state index contributed by atoms with van der Waals surface area (Å²) in [7, 11) is 2.12. The average molecular weight is 409 g/mol. The summed E-state index contributed by atoms with van der Waals surface area (Å²) in [6.45, 7) is 4.12. The van der Waals surface area contributed by atoms with E-state index in [0.29, 0.717) is 36.8 Å². The maximum atomic E-state index is 12.4. The molecule has 0 saturated carbocycles. The number of rotatable bonds is 6. The average Bonchev–Trinajstić information content (AvgIpc) is 2.72. The molecule has 1 atom stereocenters. The Morgan fingerprint density at radius 1 is 1.13 bits per heavy atom. The Morgan fingerprint density at radius 3 is 2.63 bits per heavy atom. The van der Waals surface area contributed by atoms with Crippen LogP contribution in [-0.2, 0) is 4.79 Å². The monoisotopic (exact) mass is 408 g/mol. The first-order chi connectivity index (χ1) is 14.6. The van der Waals surface area contributed by atoms with Gasteiger partial charge in [0.05, 0.1) is 5.92 Å². The van der Waals surface area contributed by atoms with Crippen molar-refractivity contribution in [3.63, 3.8) is 0 Å². The largest absolute Gasteiger partial charge is 0.353 e. The van der Waals surface area contributed by atoms with Gasteiger partial charge >= 0.3 is 0 Å². The number of carbonyl (C=O) groups is 2. The lowest BCUT2D eigenvalue weighted by Crippen LogP contribution is -2.52. The molecular formula is C22H28N6O2. The summed E-state index contributed by atoms with van der Waals surface area (Å²) in [4.78, 5) is 29.2. The van der Waals surface area contributed by atoms with Crippen LogP contribution in [-0.4, -0.2) is 66.7 Å². The van der Waals surface area contributed by atoms with E-state index in [9.17, 15) is 9.59 Å². The van der Waals surface area contributed by atoms with Gasteiger partial charge in [0, 0.05) is 43.6 Å². The molecule has 2 aromatic rings. The molecule has 30 heavy (non-hydrogen) atoms. The van der Waals surface area contributed by atoms with E-state index in [-0.39, 0.29) is 17.7 Å². The van der Waals surface area contributed by atoms with Gasteiger partial charge in [-0.3, -0.25) is 9.59 Å². The molecule has 2 fully saturated rings. The minimum Gasteiger partial charge on any atom is -0.353 e. The SMILES string of the molecule is CN1CCCC(CNC(=O)c2ccc(NC(=O)C3CN(c4cccnn4)C3)cc2)C1. The normalized spacial score (nSPS) is 19.8. The second-order valence-corrected chi connectivity index (χ2v) is 8.23. The zero-order chi connectivity index (χ0) is 20.9. The Balaban J connectivity index is 1.22. The number of hydrogen-bond acceptors (Lipinski definition) is 6. The number of nitrogens with one attached hydrogen (secondary N) is 2. The topological polar surface area (TPSA) is 90.5 Å². The van der Waals surface area contributed by atoms with Gasteiger partial charge in [-0.1, -0.05) is 0 Å². The Bertz CT molecular complexity index is 867. The molecule has 4 rings (SSSR count). The molecular weight excluding hydrogens is 380 g/mol. The molecule has 2 aliphatic rings. The number of carbonyl (C=O) groups excluding carboxylic acids is 2. The third kappa shape index (κ3) is 4.94. The van der Waals surface area contributed by atoms with E-state index in [2.05, 4.69) is 32.8 Å². The van der Waals surface area contributed by atoms with Gasteiger partial charge in [-0.05, 0) is 68.8 Å². The fourth-order valence-electron chi connectivity index (χ4n) is 4.02. The Hall–Kier alpha value is -3.00. The van der Waals surface area contributed by atoms with Crippen LogP contribution in [0.25, 0.3) is 0 Å². The molecule has 1 aromatic heterocycles. The fourth-order valence-corrected chi connectivity index (χ4v) is 4.02. The van der Waals surface area contributed by atoms with Crippen LogP contribution < -0.4 is 15.5 Å². The van der Waals surface area contributed by atoms with Gasteiger partial charge in [-0.15, -0.1) is 5.10 Å². The highest BCUT2D eigenvalue weighted by molar-refractivity contribution is 5.97. The standard InChI is InChI=1S/C22H28N6O2/c1-27-11-3-4-16(13-27)12-23-21(29)17-6-8-19(9-7-17)25-22(30)18-14-28(15-18)20-5-2-10-24-26-20/h2,5-10,16,18H,3-4,11-15H2,1H3,(H,23,29)(H,25,30). The van der Waals surface area contributed by atoms with E-state index in [1.165, 1.54) is 6.42 Å². The molecule has 2 aliphatic heterocycles. The minimum atomic E-state index is -0.0800. The molecule has 2 saturated heterocycles. The van der Waals surface area contributed by atoms with Crippen molar-refractivity contribution in [3.8, 4) is 0 Å². The Labute approximate surface area is 176 Å². The number of piperidine rings is 1. The highest BCUT2D eigenvalue weighted by Gasteiger charge is 2.33. The summed E-state index contributed by atoms with van der Waals surface area (Å²) in [5.74, 6) is 1.13. The van der Waals surface area contributed by atoms with Crippen LogP contribution in [0.1, 0.15) is 23.2 Å². The number of anilines is 2. The van der Waals surface area contributed by atoms with Crippen molar-refractivity contribution < 1.29 is 9.59 Å². The van der Waals surface area contributed by atoms with E-state index < -0.39 is 0 Å². The second kappa shape index (κ2) is 9.21. The number of amides is 2. The van der Waals surface area contributed by atoms with Crippen molar-refractivity contribution in [2.45, 2.75) is 12.8 Å². The second-order valence-electron chi connectivity index (χ2n) is 8.23. The summed E-state index contributed by atoms with van der Waals surface area (Å²) in [5, 5.41) is 13.9. The van der Waals surface area contributed by atoms with Crippen molar-refractivity contribution in [1.82, 2.24) is 20.4 Å². The van der Waals surface area contributed by atoms with Crippen molar-refractivity contribution in [1.29, 1.82) is 0 Å². The summed E-state index contributed by atoms with van der Waals surface area (Å²) in [5.41, 5.74) is 1.30. The molecule has 0 aliphatic carbocycles. The maximum Gasteiger partial charge on any atom is 0.251 e. The lowest BCUT2D eigenvalue weighted by Gasteiger charge is -2.38. The molecule has 2 N–H and O–H groups in total. The zero-order valence-corrected chi connectivity index (χ0v) is 17.3. The molecule has 8 nitrogen and oxygen atoms in total. The maximum absolute atomic E-state index is 12.4. The summed E-state index contributed by atoms with van der Waals surface area (Å²) >= 11 is 0. The van der Waals surface area contributed by atoms with E-state index >= 15 is 0 Å². The van der Waals surface area contributed by atoms with Crippen molar-refractivity contribution >= 4 is 23.3 Å². The van der Waals surface area contributed by atoms with E-state index in [4.69, 9.17) is 0 Å². The Kier molecular flexibility index (Phi) is 6.23. The minimum absolute atomic E-state index is 0.0197. The zero-order valence-electron chi connectivity index (χ0n) is 17.3. The molecule has 0 radical (unpaired) electrons. The van der Waals surface area contributed by atoms with Crippen molar-refractivity contribution in [2.75, 3.05) is 50.0 Å². The van der Waals surface area contributed by atoms with Gasteiger partial charge in [0.25, 0.3) is 5.91 Å². The third-order valence-electron chi connectivity index (χ3n) is 5.82. The Morgan fingerprint density at radius 2 is 1.93 bits per heavy atom. The highest BCUT2D eigenvalue weighted by Crippen LogP contribution is 2.23. The predicted octanol–water partition coefficient (Wildman–Crippen LogP) is 1.62. The lowest BCUT2D eigenvalue weighted by atomic mass is 9.98. The van der Waals surface area contributed by atoms with Crippen molar-refractivity contribution in [2.24, 2.45) is 11.8 Å². The van der Waals surface area contributed by atoms with Gasteiger partial charge in [0.2, 0.25) is 5.91 Å². The number of benzene rings is 1. The first kappa shape index (κ1) is 20.3. The highest BCUT2D eigenvalue weighted by atomic mass is 16.2. The van der Waals surface area contributed by atoms with Crippen LogP contribution in [0.2, 0.25) is 0 Å². The number of hydrogen-bond donors (Lipinski definition) is 2. The van der Waals surface area contributed by atoms with Gasteiger partial charge in [0.1, 0.15) is 0 Å². The van der Waals surface area contributed by atoms with E-state index in [1.54, 1.807) is 30.5 Å². The van der Waals surface area contributed by atoms with Crippen LogP contribution in [0.15, 0.2) is 42.6 Å². The van der Waals surface area contributed by atoms with Crippen molar-refractivity contribution in [3.05, 3.63) is 48.2 Å². The van der Waals surface area contributed by atoms with E-state index in [1.807, 2.05) is 17.0 Å². The molecule has 3 heterocycles. The van der Waals surface area contributed by atoms with Crippen LogP contribution in [0.3, 0.4) is 0 Å². The summed E-state index contributed by atoms with van der Waals surface area (Å²) in [6, 6.07) is 10.8. The van der Waals surface area contributed by atoms with Gasteiger partial charge in [-0.25, -0.2) is 0 Å². The van der Waals surface area contributed by atoms with E-state index in [0.717, 1.165) is 25.3 Å². The molecule has 8 heteroatoms. The summed E-state index contributed by atoms with van der Waals surface area (Å²) in [6.07, 6.45) is 3.97. The quantitative estimate of drug-likeness (QED) is 0.755. The first-order valence-electron chi connectivity index (χ1n) is 10.5. The summed E-state index contributed by atoms with van der Waals surface area (Å²) < 4.78 is 0. The molecule has 2 amide bonds. The van der Waals surface area contributed by atoms with Crippen LogP contribution >= 0.6 is 0 Å². The number of aromatic nitrogens is 2. The van der Waals surface area contributed by atoms with Crippen LogP contribution in [0, 0.1) is 11.8 Å². The third-order valence-corrected chi connectivity index (χ3v) is 5.82. The smallest absolute Gasteiger partial charge is 0.251 e. The predicted molar refractivity (Wildman–Crippen MR) is 115 cm³/mol. The van der Waals surface area contributed by atoms with Crippen LogP contribution in [0.5, 0.6) is 0 Å². The molecule has 158 valence electrons. The molecule has 0 bridgehead atoms. The first-order valence-corrected chi connectivity index (χ1v) is 10.5. The van der Waals surface area contributed by atoms with Gasteiger partial charge < -0.3 is 20.4 Å². The number of nitrogens with zero attached hydrogens (tertiary/aromatic N) is 4. The van der Waals surface area contributed by atoms with Gasteiger partial charge in [0.15, 0.2) is 5.82 Å². The molecule has 1 aromatic carbocycles. The fraction of sp³-hybridized carbons (Fsp3) is 0.455. The van der Waals surface area contributed by atoms with Gasteiger partial charge in [-0.2, -0.15) is 5.10 Å². The molecule has 0 spiro atoms. The van der Waals surface area contributed by atoms with Crippen LogP contribution in [0.4, 0.5) is 11.5 Å².